The standard InChI is InChI=1S/C86H137N25O28S/c1-44(2)30-52(103-78(131)59(40-113)108-76(129)56(35-68(121)122)98-66(119)38-96-82(135)63-25-17-29-111(63)84(137)49(89)22-12-14-26-87)73(126)101-51(24-16-28-93-86(91)92)72(125)102-53(31-45(3)4)74(127)106-61(42-115)80(133)109-62(43-140)81(134)100-50(23-13-15-27-88)70(123)94-37-67(120)99-58(39-112)71(124)95-36-65(118)97-54(32-47-18-8-6-9-19-47)77(130)110-69(46(5)116)83(136)104-55(33-48-20-10-7-11-21-48)75(128)107-60(41-114)79(132)105-57(85(138)139)34-64(90)117/h6-11,18-21,44-46,49-63,69,112-116,140H,12-17,22-43,87-89H2,1-5H3,(H2,90,117)(H,94,123)(H,95,124)(H,96,135)(H,97,118)(H,98,119)(H,99,120)(H,100,134)(H,101,126)(H,102,125)(H,103,131)(H,104,136)(H,105,132)(H,106,127)(H,107,128)(H,108,129)(H,109,133)(H,110,130)(H,121,122)(H,138,139)(H4,91,92,93)/t46-,49+,50+,51+,52+,53+,54+,55+,56+,57+,58+,59+,60+,61+,62+,63+,69+/m1/s1. The number of carboxylic acid groups (broad SMARTS) is 2. The first-order valence-electron chi connectivity index (χ1n) is 45.4. The summed E-state index contributed by atoms with van der Waals surface area (Å²) in [6.45, 7) is 1.17. The van der Waals surface area contributed by atoms with E-state index in [0.717, 1.165) is 6.92 Å². The van der Waals surface area contributed by atoms with Gasteiger partial charge in [0.1, 0.15) is 90.6 Å². The van der Waals surface area contributed by atoms with E-state index < -0.39 is 309 Å². The maximum Gasteiger partial charge on any atom is 0.326 e. The van der Waals surface area contributed by atoms with Crippen LogP contribution in [0.3, 0.4) is 0 Å². The highest BCUT2D eigenvalue weighted by molar-refractivity contribution is 7.80. The zero-order valence-electron chi connectivity index (χ0n) is 78.5. The van der Waals surface area contributed by atoms with Gasteiger partial charge in [0.2, 0.25) is 112 Å². The molecule has 0 unspecified atom stereocenters. The number of thiol groups is 1. The van der Waals surface area contributed by atoms with Crippen LogP contribution >= 0.6 is 12.6 Å². The third kappa shape index (κ3) is 44.6. The SMILES string of the molecule is CC(C)C[C@H](NC(=O)[C@H](CO)NC(=O)[C@H](CC(=O)O)NC(=O)CNC(=O)[C@@H]1CCCN1C(=O)[C@@H](N)CCCCN)C(=O)N[C@@H](CCCNC(=N)N)C(=O)N[C@@H](CC(C)C)C(=O)N[C@@H](CO)C(=O)N[C@@H](CS)C(=O)N[C@@H](CCCCN)C(=O)NCC(=O)N[C@@H](CO)C(=O)NCC(=O)N[C@@H](Cc1ccccc1)C(=O)N[C@H](C(=O)N[C@@H](Cc1ccccc1)C(=O)N[C@@H](CO)C(=O)N[C@@H](CC(N)=O)C(=O)O)[C@@H](C)O. The fourth-order valence-electron chi connectivity index (χ4n) is 14.0. The van der Waals surface area contributed by atoms with Crippen molar-refractivity contribution in [3.05, 3.63) is 71.8 Å². The Morgan fingerprint density at radius 1 is 0.414 bits per heavy atom. The van der Waals surface area contributed by atoms with Crippen LogP contribution in [-0.2, 0) is 114 Å². The zero-order chi connectivity index (χ0) is 105. The first-order valence-corrected chi connectivity index (χ1v) is 46.0. The Hall–Kier alpha value is -13.4. The summed E-state index contributed by atoms with van der Waals surface area (Å²) in [5.41, 5.74) is 28.8. The molecule has 0 spiro atoms. The molecule has 0 bridgehead atoms. The maximum atomic E-state index is 14.5. The number of nitrogens with two attached hydrogens (primary N) is 5. The first-order chi connectivity index (χ1) is 66.2. The highest BCUT2D eigenvalue weighted by atomic mass is 32.1. The summed E-state index contributed by atoms with van der Waals surface area (Å²) in [4.78, 5) is 285. The van der Waals surface area contributed by atoms with E-state index in [1.165, 1.54) is 4.90 Å². The molecular weight excluding hydrogens is 1860 g/mol. The van der Waals surface area contributed by atoms with Crippen LogP contribution in [0.4, 0.5) is 0 Å². The number of amides is 19. The lowest BCUT2D eigenvalue weighted by Gasteiger charge is -2.28. The highest BCUT2D eigenvalue weighted by Gasteiger charge is 2.41. The predicted octanol–water partition coefficient (Wildman–Crippen LogP) is -12.7. The van der Waals surface area contributed by atoms with Crippen molar-refractivity contribution >= 4 is 143 Å². The summed E-state index contributed by atoms with van der Waals surface area (Å²) in [6, 6.07) is -10.3. The average Bonchev–Trinajstić information content (AvgIpc) is 1.72. The molecule has 2 aromatic rings. The van der Waals surface area contributed by atoms with Crippen LogP contribution in [0.1, 0.15) is 136 Å². The fourth-order valence-corrected chi connectivity index (χ4v) is 14.2. The number of rotatable bonds is 66. The van der Waals surface area contributed by atoms with Crippen LogP contribution in [-0.4, -0.2) is 352 Å². The fraction of sp³-hybridized carbons (Fsp3) is 0.605. The molecule has 780 valence electrons. The van der Waals surface area contributed by atoms with E-state index >= 15 is 0 Å². The summed E-state index contributed by atoms with van der Waals surface area (Å²) < 4.78 is 0. The van der Waals surface area contributed by atoms with Gasteiger partial charge in [-0.1, -0.05) is 94.8 Å². The molecule has 53 nitrogen and oxygen atoms in total. The molecule has 1 fully saturated rings. The van der Waals surface area contributed by atoms with Gasteiger partial charge in [0, 0.05) is 31.7 Å². The van der Waals surface area contributed by atoms with Crippen LogP contribution < -0.4 is 124 Å². The van der Waals surface area contributed by atoms with E-state index in [0.29, 0.717) is 49.8 Å². The lowest BCUT2D eigenvalue weighted by atomic mass is 10.00. The molecule has 0 saturated carbocycles. The summed E-state index contributed by atoms with van der Waals surface area (Å²) >= 11 is 4.21. The Labute approximate surface area is 812 Å². The van der Waals surface area contributed by atoms with E-state index in [2.05, 4.69) is 103 Å². The molecule has 0 aliphatic carbocycles. The van der Waals surface area contributed by atoms with E-state index in [4.69, 9.17) is 34.1 Å². The van der Waals surface area contributed by atoms with Crippen LogP contribution in [0.15, 0.2) is 60.7 Å². The summed E-state index contributed by atoms with van der Waals surface area (Å²) in [7, 11) is 0. The molecule has 17 atom stereocenters. The summed E-state index contributed by atoms with van der Waals surface area (Å²) in [6.07, 6.45) is -2.36. The molecule has 0 aromatic heterocycles. The molecule has 2 aromatic carbocycles. The van der Waals surface area contributed by atoms with Gasteiger partial charge in [0.05, 0.1) is 71.0 Å². The topological polar surface area (TPSA) is 874 Å². The number of hydrogen-bond donors (Lipinski definition) is 32. The van der Waals surface area contributed by atoms with E-state index in [1.54, 1.807) is 88.4 Å². The molecule has 1 heterocycles. The van der Waals surface area contributed by atoms with Gasteiger partial charge in [-0.05, 0) is 114 Å². The Morgan fingerprint density at radius 2 is 0.771 bits per heavy atom. The predicted molar refractivity (Wildman–Crippen MR) is 501 cm³/mol. The Bertz CT molecular complexity index is 4510. The van der Waals surface area contributed by atoms with Gasteiger partial charge < -0.3 is 165 Å². The number of likely N-dealkylation sites (tertiary alicyclic amines) is 1. The van der Waals surface area contributed by atoms with Crippen molar-refractivity contribution in [1.82, 2.24) is 101 Å². The third-order valence-electron chi connectivity index (χ3n) is 21.3. The van der Waals surface area contributed by atoms with Gasteiger partial charge in [-0.3, -0.25) is 101 Å². The molecule has 1 aliphatic heterocycles. The van der Waals surface area contributed by atoms with Gasteiger partial charge in [-0.25, -0.2) is 4.79 Å². The first kappa shape index (κ1) is 121. The van der Waals surface area contributed by atoms with E-state index in [-0.39, 0.29) is 77.4 Å². The van der Waals surface area contributed by atoms with Crippen molar-refractivity contribution in [2.45, 2.75) is 240 Å². The number of nitrogens with zero attached hydrogens (tertiary/aromatic N) is 1. The van der Waals surface area contributed by atoms with Crippen LogP contribution in [0.2, 0.25) is 0 Å². The number of guanidine groups is 1. The lowest BCUT2D eigenvalue weighted by Crippen LogP contribution is -2.62. The highest BCUT2D eigenvalue weighted by Crippen LogP contribution is 2.21. The normalized spacial score (nSPS) is 15.6. The number of unbranched alkanes of at least 4 members (excludes halogenated alkanes) is 2. The smallest absolute Gasteiger partial charge is 0.326 e. The van der Waals surface area contributed by atoms with Gasteiger partial charge in [-0.15, -0.1) is 0 Å². The zero-order valence-corrected chi connectivity index (χ0v) is 79.4. The second-order valence-corrected chi connectivity index (χ2v) is 34.2. The number of aliphatic hydroxyl groups excluding tert-OH is 5. The number of aliphatic hydroxyl groups is 5. The van der Waals surface area contributed by atoms with Crippen molar-refractivity contribution in [3.8, 4) is 0 Å². The van der Waals surface area contributed by atoms with E-state index in [1.807, 2.05) is 5.32 Å². The minimum Gasteiger partial charge on any atom is -0.481 e. The van der Waals surface area contributed by atoms with Gasteiger partial charge in [0.15, 0.2) is 5.96 Å². The molecule has 19 amide bonds. The molecule has 140 heavy (non-hydrogen) atoms. The molecule has 1 saturated heterocycles. The number of nitrogens with one attached hydrogen (secondary N) is 19. The molecule has 54 heteroatoms. The second kappa shape index (κ2) is 64.0. The number of hydrogen-bond acceptors (Lipinski definition) is 31. The maximum absolute atomic E-state index is 14.5. The number of aliphatic carboxylic acids is 2. The van der Waals surface area contributed by atoms with Crippen molar-refractivity contribution in [2.75, 3.05) is 78.0 Å². The monoisotopic (exact) mass is 2000 g/mol. The van der Waals surface area contributed by atoms with Crippen molar-refractivity contribution in [2.24, 2.45) is 40.5 Å². The molecule has 0 radical (unpaired) electrons. The second-order valence-electron chi connectivity index (χ2n) is 33.9. The van der Waals surface area contributed by atoms with Gasteiger partial charge in [0.25, 0.3) is 0 Å². The van der Waals surface area contributed by atoms with Crippen molar-refractivity contribution in [3.63, 3.8) is 0 Å². The quantitative estimate of drug-likeness (QED) is 0.0127. The Balaban J connectivity index is 1.74. The molecular formula is C86H137N25O28S. The minimum absolute atomic E-state index is 0.000597. The van der Waals surface area contributed by atoms with Crippen molar-refractivity contribution in [1.29, 1.82) is 5.41 Å². The number of carbonyl (C=O) groups excluding carboxylic acids is 19. The van der Waals surface area contributed by atoms with Crippen LogP contribution in [0, 0.1) is 17.2 Å². The molecule has 3 rings (SSSR count). The number of benzene rings is 2. The molecule has 1 aliphatic rings. The summed E-state index contributed by atoms with van der Waals surface area (Å²) in [5.74, 6) is -25.5. The molecule has 36 N–H and O–H groups in total. The van der Waals surface area contributed by atoms with Gasteiger partial charge >= 0.3 is 11.9 Å². The number of carbonyl (C=O) groups is 21. The minimum atomic E-state index is -1.93. The van der Waals surface area contributed by atoms with Gasteiger partial charge in [-0.2, -0.15) is 12.6 Å². The lowest BCUT2D eigenvalue weighted by molar-refractivity contribution is -0.144. The largest absolute Gasteiger partial charge is 0.481 e. The van der Waals surface area contributed by atoms with Crippen LogP contribution in [0.5, 0.6) is 0 Å². The Kier molecular flexibility index (Phi) is 55.2. The summed E-state index contributed by atoms with van der Waals surface area (Å²) in [5, 5.41) is 121. The van der Waals surface area contributed by atoms with Crippen LogP contribution in [0.25, 0.3) is 0 Å². The van der Waals surface area contributed by atoms with E-state index in [9.17, 15) is 136 Å². The van der Waals surface area contributed by atoms with Crippen molar-refractivity contribution < 1.29 is 136 Å². The average molecular weight is 2000 g/mol. The Morgan fingerprint density at radius 3 is 1.21 bits per heavy atom. The number of primary amides is 1. The third-order valence-corrected chi connectivity index (χ3v) is 21.7. The number of carboxylic acids is 2.